The van der Waals surface area contributed by atoms with Gasteiger partial charge < -0.3 is 15.0 Å². The van der Waals surface area contributed by atoms with Gasteiger partial charge in [-0.1, -0.05) is 42.1 Å². The fourth-order valence-corrected chi connectivity index (χ4v) is 5.18. The molecule has 2 heterocycles. The van der Waals surface area contributed by atoms with E-state index in [1.54, 1.807) is 40.8 Å². The Morgan fingerprint density at radius 1 is 1.03 bits per heavy atom. The maximum absolute atomic E-state index is 13.6. The number of halogens is 1. The number of nitrogens with zero attached hydrogens (tertiary/aromatic N) is 4. The molecule has 0 radical (unpaired) electrons. The van der Waals surface area contributed by atoms with Gasteiger partial charge in [0, 0.05) is 17.9 Å². The molecule has 4 aromatic rings. The van der Waals surface area contributed by atoms with E-state index in [1.165, 1.54) is 23.9 Å². The topological polar surface area (TPSA) is 89.3 Å². The number of benzene rings is 3. The van der Waals surface area contributed by atoms with Crippen LogP contribution in [0.4, 0.5) is 10.1 Å². The van der Waals surface area contributed by atoms with Crippen molar-refractivity contribution in [2.75, 3.05) is 24.3 Å². The fraction of sp³-hybridized carbons (Fsp3) is 0.214. The van der Waals surface area contributed by atoms with Gasteiger partial charge in [0.25, 0.3) is 0 Å². The molecule has 0 bridgehead atoms. The summed E-state index contributed by atoms with van der Waals surface area (Å²) in [4.78, 5) is 27.4. The summed E-state index contributed by atoms with van der Waals surface area (Å²) >= 11 is 1.26. The van der Waals surface area contributed by atoms with Crippen LogP contribution in [0.3, 0.4) is 0 Å². The number of fused-ring (bicyclic) bond motifs is 1. The standard InChI is InChI=1S/C28H26FN5O3S/c1-37-23-12-6-19(7-13-23)16-26(35)30-17-25-31-32-28(34(25)22-10-8-21(29)9-11-22)38-18-27(36)33-15-14-20-4-2-3-5-24(20)33/h2-13H,14-18H2,1H3,(H,30,35). The molecule has 1 aromatic heterocycles. The van der Waals surface area contributed by atoms with Crippen molar-refractivity contribution in [1.29, 1.82) is 0 Å². The average molecular weight is 532 g/mol. The molecule has 0 saturated carbocycles. The van der Waals surface area contributed by atoms with E-state index in [0.29, 0.717) is 23.2 Å². The lowest BCUT2D eigenvalue weighted by Gasteiger charge is -2.17. The molecular weight excluding hydrogens is 505 g/mol. The Hall–Kier alpha value is -4.18. The highest BCUT2D eigenvalue weighted by Gasteiger charge is 2.25. The van der Waals surface area contributed by atoms with Gasteiger partial charge in [0.1, 0.15) is 11.6 Å². The molecule has 2 amide bonds. The summed E-state index contributed by atoms with van der Waals surface area (Å²) in [6, 6.07) is 21.1. The maximum Gasteiger partial charge on any atom is 0.237 e. The van der Waals surface area contributed by atoms with E-state index in [2.05, 4.69) is 15.5 Å². The number of ether oxygens (including phenoxy) is 1. The third kappa shape index (κ3) is 5.70. The molecule has 1 aliphatic heterocycles. The van der Waals surface area contributed by atoms with Crippen molar-refractivity contribution in [3.63, 3.8) is 0 Å². The molecular formula is C28H26FN5O3S. The number of amides is 2. The number of para-hydroxylation sites is 1. The minimum absolute atomic E-state index is 0.0250. The van der Waals surface area contributed by atoms with Gasteiger partial charge in [-0.05, 0) is 60.0 Å². The summed E-state index contributed by atoms with van der Waals surface area (Å²) in [5.74, 6) is 0.787. The van der Waals surface area contributed by atoms with Crippen molar-refractivity contribution in [3.8, 4) is 11.4 Å². The molecule has 1 aliphatic rings. The number of rotatable bonds is 9. The van der Waals surface area contributed by atoms with Crippen molar-refractivity contribution >= 4 is 29.3 Å². The molecule has 0 saturated heterocycles. The summed E-state index contributed by atoms with van der Waals surface area (Å²) < 4.78 is 20.5. The molecule has 0 fully saturated rings. The Morgan fingerprint density at radius 2 is 1.79 bits per heavy atom. The Kier molecular flexibility index (Phi) is 7.69. The molecule has 8 nitrogen and oxygen atoms in total. The first-order valence-electron chi connectivity index (χ1n) is 12.1. The lowest BCUT2D eigenvalue weighted by molar-refractivity contribution is -0.120. The smallest absolute Gasteiger partial charge is 0.237 e. The van der Waals surface area contributed by atoms with Crippen molar-refractivity contribution in [3.05, 3.63) is 95.6 Å². The Balaban J connectivity index is 1.29. The predicted octanol–water partition coefficient (Wildman–Crippen LogP) is 3.96. The zero-order valence-corrected chi connectivity index (χ0v) is 21.6. The van der Waals surface area contributed by atoms with Gasteiger partial charge in [-0.2, -0.15) is 0 Å². The van der Waals surface area contributed by atoms with Crippen LogP contribution in [0.15, 0.2) is 78.0 Å². The molecule has 3 aromatic carbocycles. The molecule has 38 heavy (non-hydrogen) atoms. The van der Waals surface area contributed by atoms with Crippen LogP contribution in [0, 0.1) is 5.82 Å². The second kappa shape index (κ2) is 11.5. The largest absolute Gasteiger partial charge is 0.497 e. The summed E-state index contributed by atoms with van der Waals surface area (Å²) in [5.41, 5.74) is 3.59. The Labute approximate surface area is 223 Å². The van der Waals surface area contributed by atoms with E-state index in [1.807, 2.05) is 36.4 Å². The first-order chi connectivity index (χ1) is 18.5. The monoisotopic (exact) mass is 531 g/mol. The van der Waals surface area contributed by atoms with Crippen molar-refractivity contribution < 1.29 is 18.7 Å². The first-order valence-corrected chi connectivity index (χ1v) is 13.1. The molecule has 194 valence electrons. The number of thioether (sulfide) groups is 1. The van der Waals surface area contributed by atoms with Crippen LogP contribution in [0.5, 0.6) is 5.75 Å². The van der Waals surface area contributed by atoms with Crippen LogP contribution in [0.2, 0.25) is 0 Å². The average Bonchev–Trinajstić information content (AvgIpc) is 3.56. The second-order valence-electron chi connectivity index (χ2n) is 8.72. The summed E-state index contributed by atoms with van der Waals surface area (Å²) in [6.07, 6.45) is 1.03. The highest BCUT2D eigenvalue weighted by Crippen LogP contribution is 2.29. The van der Waals surface area contributed by atoms with Gasteiger partial charge >= 0.3 is 0 Å². The third-order valence-corrected chi connectivity index (χ3v) is 7.18. The SMILES string of the molecule is COc1ccc(CC(=O)NCc2nnc(SCC(=O)N3CCc4ccccc43)n2-c2ccc(F)cc2)cc1. The quantitative estimate of drug-likeness (QED) is 0.329. The number of hydrogen-bond acceptors (Lipinski definition) is 6. The number of aromatic nitrogens is 3. The maximum atomic E-state index is 13.6. The van der Waals surface area contributed by atoms with Crippen LogP contribution in [-0.2, 0) is 29.0 Å². The lowest BCUT2D eigenvalue weighted by atomic mass is 10.1. The second-order valence-corrected chi connectivity index (χ2v) is 9.67. The normalized spacial score (nSPS) is 12.3. The number of hydrogen-bond donors (Lipinski definition) is 1. The highest BCUT2D eigenvalue weighted by molar-refractivity contribution is 7.99. The lowest BCUT2D eigenvalue weighted by Crippen LogP contribution is -2.30. The zero-order valence-electron chi connectivity index (χ0n) is 20.8. The summed E-state index contributed by atoms with van der Waals surface area (Å²) in [7, 11) is 1.59. The minimum Gasteiger partial charge on any atom is -0.497 e. The van der Waals surface area contributed by atoms with Crippen molar-refractivity contribution in [2.24, 2.45) is 0 Å². The number of carbonyl (C=O) groups is 2. The van der Waals surface area contributed by atoms with Crippen LogP contribution in [-0.4, -0.2) is 46.0 Å². The Morgan fingerprint density at radius 3 is 2.55 bits per heavy atom. The molecule has 10 heteroatoms. The molecule has 1 N–H and O–H groups in total. The first kappa shape index (κ1) is 25.5. The number of anilines is 1. The number of methoxy groups -OCH3 is 1. The zero-order chi connectivity index (χ0) is 26.5. The molecule has 0 unspecified atom stereocenters. The van der Waals surface area contributed by atoms with Crippen LogP contribution < -0.4 is 15.0 Å². The molecule has 0 aliphatic carbocycles. The van der Waals surface area contributed by atoms with Crippen molar-refractivity contribution in [2.45, 2.75) is 24.5 Å². The van der Waals surface area contributed by atoms with E-state index >= 15 is 0 Å². The van der Waals surface area contributed by atoms with Gasteiger partial charge in [0.05, 0.1) is 25.8 Å². The molecule has 0 atom stereocenters. The third-order valence-electron chi connectivity index (χ3n) is 6.27. The van der Waals surface area contributed by atoms with E-state index in [9.17, 15) is 14.0 Å². The summed E-state index contributed by atoms with van der Waals surface area (Å²) in [6.45, 7) is 0.766. The fourth-order valence-electron chi connectivity index (χ4n) is 4.33. The van der Waals surface area contributed by atoms with Gasteiger partial charge in [-0.3, -0.25) is 14.2 Å². The number of carbonyl (C=O) groups excluding carboxylic acids is 2. The van der Waals surface area contributed by atoms with Crippen molar-refractivity contribution in [1.82, 2.24) is 20.1 Å². The van der Waals surface area contributed by atoms with Crippen LogP contribution >= 0.6 is 11.8 Å². The predicted molar refractivity (Wildman–Crippen MR) is 143 cm³/mol. The van der Waals surface area contributed by atoms with Crippen LogP contribution in [0.1, 0.15) is 17.0 Å². The summed E-state index contributed by atoms with van der Waals surface area (Å²) in [5, 5.41) is 11.9. The van der Waals surface area contributed by atoms with E-state index in [-0.39, 0.29) is 36.4 Å². The van der Waals surface area contributed by atoms with E-state index in [0.717, 1.165) is 29.0 Å². The van der Waals surface area contributed by atoms with Crippen LogP contribution in [0.25, 0.3) is 5.69 Å². The highest BCUT2D eigenvalue weighted by atomic mass is 32.2. The van der Waals surface area contributed by atoms with Gasteiger partial charge in [-0.25, -0.2) is 4.39 Å². The minimum atomic E-state index is -0.367. The van der Waals surface area contributed by atoms with Gasteiger partial charge in [0.15, 0.2) is 11.0 Å². The van der Waals surface area contributed by atoms with Gasteiger partial charge in [0.2, 0.25) is 11.8 Å². The number of nitrogens with one attached hydrogen (secondary N) is 1. The van der Waals surface area contributed by atoms with Gasteiger partial charge in [-0.15, -0.1) is 10.2 Å². The molecule has 5 rings (SSSR count). The van der Waals surface area contributed by atoms with E-state index < -0.39 is 0 Å². The van der Waals surface area contributed by atoms with E-state index in [4.69, 9.17) is 4.74 Å². The molecule has 0 spiro atoms. The Bertz CT molecular complexity index is 1440.